The zero-order valence-corrected chi connectivity index (χ0v) is 16.3. The van der Waals surface area contributed by atoms with Crippen molar-refractivity contribution in [2.45, 2.75) is 51.1 Å². The van der Waals surface area contributed by atoms with E-state index in [2.05, 4.69) is 69.6 Å². The van der Waals surface area contributed by atoms with Crippen LogP contribution in [-0.2, 0) is 6.54 Å². The van der Waals surface area contributed by atoms with E-state index in [9.17, 15) is 5.21 Å². The maximum atomic E-state index is 9.65. The van der Waals surface area contributed by atoms with Gasteiger partial charge in [-0.05, 0) is 44.1 Å². The summed E-state index contributed by atoms with van der Waals surface area (Å²) in [6, 6.07) is 11.0. The summed E-state index contributed by atoms with van der Waals surface area (Å²) in [5.74, 6) is 0. The number of rotatable bonds is 3. The van der Waals surface area contributed by atoms with Crippen LogP contribution >= 0.6 is 0 Å². The van der Waals surface area contributed by atoms with E-state index >= 15 is 0 Å². The maximum absolute atomic E-state index is 9.65. The number of piperazine rings is 1. The number of oxime groups is 1. The van der Waals surface area contributed by atoms with Gasteiger partial charge in [0.25, 0.3) is 0 Å². The first-order chi connectivity index (χ1) is 13.4. The summed E-state index contributed by atoms with van der Waals surface area (Å²) in [6.07, 6.45) is 15.2. The fourth-order valence-corrected chi connectivity index (χ4v) is 4.07. The highest BCUT2D eigenvalue weighted by molar-refractivity contribution is 5.89. The van der Waals surface area contributed by atoms with Gasteiger partial charge in [0.05, 0.1) is 11.8 Å². The lowest BCUT2D eigenvalue weighted by Crippen LogP contribution is -2.52. The van der Waals surface area contributed by atoms with E-state index in [1.54, 1.807) is 0 Å². The zero-order valence-electron chi connectivity index (χ0n) is 16.3. The average molecular weight is 368 g/mol. The molecule has 27 heavy (non-hydrogen) atoms. The van der Waals surface area contributed by atoms with E-state index in [1.807, 2.05) is 0 Å². The van der Waals surface area contributed by atoms with Crippen molar-refractivity contribution in [1.29, 1.82) is 0 Å². The minimum absolute atomic E-state index is 0.256. The van der Waals surface area contributed by atoms with E-state index in [0.717, 1.165) is 77.0 Å². The lowest BCUT2D eigenvalue weighted by atomic mass is 9.98. The third kappa shape index (κ3) is 6.33. The van der Waals surface area contributed by atoms with Gasteiger partial charge in [0.15, 0.2) is 0 Å². The predicted molar refractivity (Wildman–Crippen MR) is 112 cm³/mol. The summed E-state index contributed by atoms with van der Waals surface area (Å²) in [7, 11) is 0. The van der Waals surface area contributed by atoms with Crippen molar-refractivity contribution in [3.63, 3.8) is 0 Å². The van der Waals surface area contributed by atoms with Crippen LogP contribution in [0.2, 0.25) is 0 Å². The number of nitrogens with zero attached hydrogens (tertiary/aromatic N) is 3. The largest absolute Gasteiger partial charge is 0.411 e. The summed E-state index contributed by atoms with van der Waals surface area (Å²) in [5.41, 5.74) is 2.33. The van der Waals surface area contributed by atoms with Gasteiger partial charge in [-0.15, -0.1) is 0 Å². The molecular weight excluding hydrogens is 334 g/mol. The van der Waals surface area contributed by atoms with Crippen LogP contribution in [0, 0.1) is 0 Å². The van der Waals surface area contributed by atoms with Crippen LogP contribution < -0.4 is 0 Å². The fraction of sp³-hybridized carbons (Fsp3) is 0.522. The van der Waals surface area contributed by atoms with E-state index in [4.69, 9.17) is 0 Å². The molecule has 1 unspecified atom stereocenters. The minimum atomic E-state index is 0.256. The molecule has 4 heteroatoms. The highest BCUT2D eigenvalue weighted by Gasteiger charge is 2.27. The Balaban J connectivity index is 1.58. The molecule has 0 radical (unpaired) electrons. The van der Waals surface area contributed by atoms with Crippen LogP contribution in [0.3, 0.4) is 0 Å². The maximum Gasteiger partial charge on any atom is 0.0745 e. The lowest BCUT2D eigenvalue weighted by molar-refractivity contribution is 0.108. The highest BCUT2D eigenvalue weighted by atomic mass is 16.4. The molecule has 1 aromatic carbocycles. The number of allylic oxidation sites excluding steroid dienone is 4. The van der Waals surface area contributed by atoms with Gasteiger partial charge in [0.2, 0.25) is 0 Å². The Kier molecular flexibility index (Phi) is 8.12. The van der Waals surface area contributed by atoms with Gasteiger partial charge >= 0.3 is 0 Å². The molecule has 0 aromatic heterocycles. The van der Waals surface area contributed by atoms with Crippen LogP contribution in [0.5, 0.6) is 0 Å². The zero-order chi connectivity index (χ0) is 18.7. The van der Waals surface area contributed by atoms with Gasteiger partial charge in [0.1, 0.15) is 0 Å². The minimum Gasteiger partial charge on any atom is -0.411 e. The van der Waals surface area contributed by atoms with Crippen LogP contribution in [-0.4, -0.2) is 52.9 Å². The van der Waals surface area contributed by atoms with Gasteiger partial charge in [-0.25, -0.2) is 0 Å². The Labute approximate surface area is 163 Å². The van der Waals surface area contributed by atoms with Crippen LogP contribution in [0.1, 0.15) is 44.1 Å². The van der Waals surface area contributed by atoms with Crippen molar-refractivity contribution in [1.82, 2.24) is 9.80 Å². The van der Waals surface area contributed by atoms with Gasteiger partial charge < -0.3 is 5.21 Å². The fourth-order valence-electron chi connectivity index (χ4n) is 4.07. The standard InChI is InChI=1S/C23H33N3O/c27-24-22-14-10-5-3-1-2-4-6-11-15-23(22)26-18-16-25(17-19-26)20-21-12-8-7-9-13-21/h3-9,12-13,23,27H,1-2,10-11,14-20H2. The Morgan fingerprint density at radius 1 is 0.852 bits per heavy atom. The first-order valence-electron chi connectivity index (χ1n) is 10.4. The molecule has 4 nitrogen and oxygen atoms in total. The Bertz CT molecular complexity index is 630. The van der Waals surface area contributed by atoms with Crippen LogP contribution in [0.25, 0.3) is 0 Å². The van der Waals surface area contributed by atoms with E-state index in [-0.39, 0.29) is 6.04 Å². The van der Waals surface area contributed by atoms with Crippen molar-refractivity contribution in [3.8, 4) is 0 Å². The second-order valence-electron chi connectivity index (χ2n) is 7.54. The molecule has 146 valence electrons. The lowest BCUT2D eigenvalue weighted by Gasteiger charge is -2.39. The normalized spacial score (nSPS) is 25.2. The molecule has 0 spiro atoms. The predicted octanol–water partition coefficient (Wildman–Crippen LogP) is 4.47. The van der Waals surface area contributed by atoms with Crippen molar-refractivity contribution in [2.75, 3.05) is 26.2 Å². The monoisotopic (exact) mass is 367 g/mol. The number of hydrogen-bond donors (Lipinski definition) is 1. The highest BCUT2D eigenvalue weighted by Crippen LogP contribution is 2.18. The summed E-state index contributed by atoms with van der Waals surface area (Å²) >= 11 is 0. The van der Waals surface area contributed by atoms with E-state index in [1.165, 1.54) is 5.56 Å². The summed E-state index contributed by atoms with van der Waals surface area (Å²) in [6.45, 7) is 5.24. The molecule has 0 saturated carbocycles. The summed E-state index contributed by atoms with van der Waals surface area (Å²) in [4.78, 5) is 5.06. The van der Waals surface area contributed by atoms with Gasteiger partial charge in [-0.2, -0.15) is 0 Å². The third-order valence-electron chi connectivity index (χ3n) is 5.62. The second-order valence-corrected chi connectivity index (χ2v) is 7.54. The quantitative estimate of drug-likeness (QED) is 0.487. The number of hydrogen-bond acceptors (Lipinski definition) is 4. The molecule has 3 rings (SSSR count). The SMILES string of the molecule is ON=C1CCC=CCCC=CCCC1N1CCN(Cc2ccccc2)CC1. The van der Waals surface area contributed by atoms with Crippen LogP contribution in [0.4, 0.5) is 0 Å². The molecule has 1 saturated heterocycles. The Hall–Kier alpha value is -1.91. The van der Waals surface area contributed by atoms with Gasteiger partial charge in [0, 0.05) is 32.7 Å². The van der Waals surface area contributed by atoms with Crippen LogP contribution in [0.15, 0.2) is 59.8 Å². The Morgan fingerprint density at radius 2 is 1.52 bits per heavy atom. The van der Waals surface area contributed by atoms with Crippen molar-refractivity contribution < 1.29 is 5.21 Å². The van der Waals surface area contributed by atoms with Crippen molar-refractivity contribution in [2.24, 2.45) is 5.16 Å². The molecule has 1 N–H and O–H groups in total. The van der Waals surface area contributed by atoms with Crippen molar-refractivity contribution >= 4 is 5.71 Å². The first kappa shape index (κ1) is 19.8. The summed E-state index contributed by atoms with van der Waals surface area (Å²) in [5, 5.41) is 13.4. The molecule has 0 amide bonds. The summed E-state index contributed by atoms with van der Waals surface area (Å²) < 4.78 is 0. The molecule has 2 aliphatic rings. The van der Waals surface area contributed by atoms with E-state index < -0.39 is 0 Å². The van der Waals surface area contributed by atoms with Crippen molar-refractivity contribution in [3.05, 3.63) is 60.2 Å². The molecule has 1 heterocycles. The molecule has 1 aliphatic heterocycles. The molecule has 1 aromatic rings. The molecule has 1 fully saturated rings. The molecule has 0 bridgehead atoms. The molecular formula is C23H33N3O. The first-order valence-corrected chi connectivity index (χ1v) is 10.4. The Morgan fingerprint density at radius 3 is 2.22 bits per heavy atom. The average Bonchev–Trinajstić information content (AvgIpc) is 2.70. The third-order valence-corrected chi connectivity index (χ3v) is 5.62. The van der Waals surface area contributed by atoms with E-state index in [0.29, 0.717) is 0 Å². The van der Waals surface area contributed by atoms with Gasteiger partial charge in [-0.3, -0.25) is 9.80 Å². The topological polar surface area (TPSA) is 39.1 Å². The van der Waals surface area contributed by atoms with Gasteiger partial charge in [-0.1, -0.05) is 59.8 Å². The molecule has 1 atom stereocenters. The smallest absolute Gasteiger partial charge is 0.0745 e. The number of benzene rings is 1. The molecule has 1 aliphatic carbocycles. The second kappa shape index (κ2) is 11.1.